The number of ether oxygens (including phenoxy) is 1. The summed E-state index contributed by atoms with van der Waals surface area (Å²) in [7, 11) is 0. The molecule has 2 aromatic rings. The zero-order chi connectivity index (χ0) is 22.4. The number of amides is 1. The van der Waals surface area contributed by atoms with Gasteiger partial charge in [0.05, 0.1) is 6.61 Å². The van der Waals surface area contributed by atoms with E-state index in [1.54, 1.807) is 0 Å². The fraction of sp³-hybridized carbons (Fsp3) is 0.462. The third kappa shape index (κ3) is 10.0. The van der Waals surface area contributed by atoms with Crippen molar-refractivity contribution in [2.45, 2.75) is 32.6 Å². The number of hydrogen-bond donors (Lipinski definition) is 2. The molecule has 0 radical (unpaired) electrons. The number of likely N-dealkylation sites (tertiary alicyclic amines) is 1. The van der Waals surface area contributed by atoms with E-state index in [0.717, 1.165) is 57.2 Å². The number of nitrogens with zero attached hydrogens (tertiary/aromatic N) is 2. The highest BCUT2D eigenvalue weighted by Crippen LogP contribution is 2.18. The van der Waals surface area contributed by atoms with Crippen LogP contribution in [-0.4, -0.2) is 56.1 Å². The molecule has 0 saturated carbocycles. The number of unbranched alkanes of at least 4 members (excludes halogenated alkanes) is 1. The van der Waals surface area contributed by atoms with Crippen molar-refractivity contribution in [2.24, 2.45) is 10.9 Å². The van der Waals surface area contributed by atoms with Crippen LogP contribution in [0.25, 0.3) is 0 Å². The van der Waals surface area contributed by atoms with Gasteiger partial charge in [0.1, 0.15) is 5.75 Å². The number of benzene rings is 2. The molecular weight excluding hydrogens is 527 g/mol. The van der Waals surface area contributed by atoms with Gasteiger partial charge in [-0.25, -0.2) is 0 Å². The second-order valence-corrected chi connectivity index (χ2v) is 8.16. The number of carbonyl (C=O) groups excluding carboxylic acids is 1. The quantitative estimate of drug-likeness (QED) is 0.176. The largest absolute Gasteiger partial charge is 0.494 e. The lowest BCUT2D eigenvalue weighted by Gasteiger charge is -2.16. The minimum atomic E-state index is 0. The van der Waals surface area contributed by atoms with E-state index >= 15 is 0 Å². The minimum Gasteiger partial charge on any atom is -0.494 e. The van der Waals surface area contributed by atoms with Crippen molar-refractivity contribution in [3.05, 3.63) is 66.2 Å². The summed E-state index contributed by atoms with van der Waals surface area (Å²) in [6.45, 7) is 6.68. The molecule has 1 fully saturated rings. The van der Waals surface area contributed by atoms with Crippen LogP contribution in [0.15, 0.2) is 65.7 Å². The first-order chi connectivity index (χ1) is 15.7. The normalized spacial score (nSPS) is 15.8. The Labute approximate surface area is 215 Å². The summed E-state index contributed by atoms with van der Waals surface area (Å²) in [5.74, 6) is 2.27. The Morgan fingerprint density at radius 2 is 1.79 bits per heavy atom. The van der Waals surface area contributed by atoms with Crippen molar-refractivity contribution in [3.8, 4) is 5.75 Å². The number of carbonyl (C=O) groups is 1. The number of hydrogen-bond acceptors (Lipinski definition) is 3. The van der Waals surface area contributed by atoms with Crippen LogP contribution < -0.4 is 15.4 Å². The Kier molecular flexibility index (Phi) is 12.7. The molecule has 0 spiro atoms. The van der Waals surface area contributed by atoms with Gasteiger partial charge in [-0.3, -0.25) is 9.79 Å². The molecule has 1 unspecified atom stereocenters. The number of rotatable bonds is 12. The molecule has 0 aromatic heterocycles. The molecule has 1 atom stereocenters. The average molecular weight is 565 g/mol. The number of aliphatic imine (C=N–C) groups is 1. The van der Waals surface area contributed by atoms with Gasteiger partial charge < -0.3 is 20.3 Å². The van der Waals surface area contributed by atoms with Gasteiger partial charge in [-0.1, -0.05) is 48.5 Å². The topological polar surface area (TPSA) is 66.0 Å². The lowest BCUT2D eigenvalue weighted by molar-refractivity contribution is -0.127. The summed E-state index contributed by atoms with van der Waals surface area (Å²) in [4.78, 5) is 19.1. The molecule has 1 saturated heterocycles. The van der Waals surface area contributed by atoms with Crippen LogP contribution in [0.4, 0.5) is 0 Å². The second-order valence-electron chi connectivity index (χ2n) is 8.16. The molecule has 1 aliphatic heterocycles. The van der Waals surface area contributed by atoms with E-state index in [-0.39, 0.29) is 35.8 Å². The van der Waals surface area contributed by atoms with Gasteiger partial charge in [0.25, 0.3) is 0 Å². The van der Waals surface area contributed by atoms with Crippen LogP contribution in [0.3, 0.4) is 0 Å². The minimum absolute atomic E-state index is 0. The van der Waals surface area contributed by atoms with Crippen LogP contribution in [0.2, 0.25) is 0 Å². The maximum Gasteiger partial charge on any atom is 0.223 e. The van der Waals surface area contributed by atoms with Crippen molar-refractivity contribution in [1.29, 1.82) is 0 Å². The highest BCUT2D eigenvalue weighted by Gasteiger charge is 2.28. The molecule has 7 heteroatoms. The van der Waals surface area contributed by atoms with Crippen molar-refractivity contribution in [3.63, 3.8) is 0 Å². The van der Waals surface area contributed by atoms with E-state index in [4.69, 9.17) is 9.73 Å². The number of guanidine groups is 1. The zero-order valence-corrected chi connectivity index (χ0v) is 21.9. The molecule has 6 nitrogen and oxygen atoms in total. The number of para-hydroxylation sites is 1. The molecule has 2 aromatic carbocycles. The van der Waals surface area contributed by atoms with E-state index in [2.05, 4.69) is 29.7 Å². The monoisotopic (exact) mass is 564 g/mol. The first kappa shape index (κ1) is 27.0. The number of nitrogens with one attached hydrogen (secondary N) is 2. The molecule has 0 aliphatic carbocycles. The summed E-state index contributed by atoms with van der Waals surface area (Å²) in [6.07, 6.45) is 3.48. The third-order valence-electron chi connectivity index (χ3n) is 5.54. The van der Waals surface area contributed by atoms with Crippen LogP contribution in [0.1, 0.15) is 31.7 Å². The predicted octanol–water partition coefficient (Wildman–Crippen LogP) is 4.11. The summed E-state index contributed by atoms with van der Waals surface area (Å²) in [6, 6.07) is 20.3. The SMILES string of the molecule is CCNC(=NCC1CC(=O)N(CCc2ccccc2)C1)NCCCCOc1ccccc1.I. The Bertz CT molecular complexity index is 833. The Balaban J connectivity index is 0.00000385. The third-order valence-corrected chi connectivity index (χ3v) is 5.54. The first-order valence-electron chi connectivity index (χ1n) is 11.8. The van der Waals surface area contributed by atoms with Gasteiger partial charge in [-0.2, -0.15) is 0 Å². The molecule has 3 rings (SSSR count). The van der Waals surface area contributed by atoms with E-state index in [1.165, 1.54) is 5.56 Å². The fourth-order valence-electron chi connectivity index (χ4n) is 3.80. The average Bonchev–Trinajstić information content (AvgIpc) is 3.19. The molecule has 33 heavy (non-hydrogen) atoms. The second kappa shape index (κ2) is 15.5. The maximum absolute atomic E-state index is 12.4. The van der Waals surface area contributed by atoms with E-state index in [9.17, 15) is 4.79 Å². The molecular formula is C26H37IN4O2. The van der Waals surface area contributed by atoms with Crippen LogP contribution >= 0.6 is 24.0 Å². The van der Waals surface area contributed by atoms with Crippen molar-refractivity contribution >= 4 is 35.8 Å². The maximum atomic E-state index is 12.4. The lowest BCUT2D eigenvalue weighted by Crippen LogP contribution is -2.38. The van der Waals surface area contributed by atoms with Crippen LogP contribution in [0, 0.1) is 5.92 Å². The van der Waals surface area contributed by atoms with Crippen molar-refractivity contribution in [2.75, 3.05) is 39.3 Å². The molecule has 180 valence electrons. The molecule has 0 bridgehead atoms. The smallest absolute Gasteiger partial charge is 0.223 e. The van der Waals surface area contributed by atoms with E-state index < -0.39 is 0 Å². The summed E-state index contributed by atoms with van der Waals surface area (Å²) in [5.41, 5.74) is 1.27. The van der Waals surface area contributed by atoms with Gasteiger partial charge in [0.2, 0.25) is 5.91 Å². The van der Waals surface area contributed by atoms with Crippen molar-refractivity contribution < 1.29 is 9.53 Å². The Morgan fingerprint density at radius 1 is 1.06 bits per heavy atom. The van der Waals surface area contributed by atoms with E-state index in [0.29, 0.717) is 19.6 Å². The predicted molar refractivity (Wildman–Crippen MR) is 145 cm³/mol. The molecule has 1 amide bonds. The van der Waals surface area contributed by atoms with Gasteiger partial charge >= 0.3 is 0 Å². The van der Waals surface area contributed by atoms with Gasteiger partial charge in [0, 0.05) is 45.1 Å². The summed E-state index contributed by atoms with van der Waals surface area (Å²) in [5, 5.41) is 6.70. The van der Waals surface area contributed by atoms with Gasteiger partial charge in [-0.05, 0) is 43.9 Å². The lowest BCUT2D eigenvalue weighted by atomic mass is 10.1. The highest BCUT2D eigenvalue weighted by molar-refractivity contribution is 14.0. The van der Waals surface area contributed by atoms with Crippen LogP contribution in [-0.2, 0) is 11.2 Å². The van der Waals surface area contributed by atoms with Gasteiger partial charge in [0.15, 0.2) is 5.96 Å². The Hall–Kier alpha value is -2.29. The van der Waals surface area contributed by atoms with E-state index in [1.807, 2.05) is 53.4 Å². The highest BCUT2D eigenvalue weighted by atomic mass is 127. The molecule has 1 heterocycles. The summed E-state index contributed by atoms with van der Waals surface area (Å²) >= 11 is 0. The zero-order valence-electron chi connectivity index (χ0n) is 19.5. The van der Waals surface area contributed by atoms with Crippen LogP contribution in [0.5, 0.6) is 5.75 Å². The molecule has 1 aliphatic rings. The standard InChI is InChI=1S/C26H36N4O2.HI/c1-2-27-26(28-16-9-10-18-32-24-13-7-4-8-14-24)29-20-23-19-25(31)30(21-23)17-15-22-11-5-3-6-12-22;/h3-8,11-14,23H,2,9-10,15-21H2,1H3,(H2,27,28,29);1H. The molecule has 2 N–H and O–H groups in total. The number of halogens is 1. The Morgan fingerprint density at radius 3 is 2.52 bits per heavy atom. The fourth-order valence-corrected chi connectivity index (χ4v) is 3.80. The van der Waals surface area contributed by atoms with Crippen molar-refractivity contribution in [1.82, 2.24) is 15.5 Å². The first-order valence-corrected chi connectivity index (χ1v) is 11.8. The summed E-state index contributed by atoms with van der Waals surface area (Å²) < 4.78 is 5.73. The van der Waals surface area contributed by atoms with Gasteiger partial charge in [-0.15, -0.1) is 24.0 Å².